The lowest BCUT2D eigenvalue weighted by Gasteiger charge is -2.08. The van der Waals surface area contributed by atoms with Gasteiger partial charge >= 0.3 is 0 Å². The monoisotopic (exact) mass is 259 g/mol. The summed E-state index contributed by atoms with van der Waals surface area (Å²) in [5.41, 5.74) is 0.744. The molecule has 92 valence electrons. The van der Waals surface area contributed by atoms with Gasteiger partial charge in [-0.15, -0.1) is 0 Å². The van der Waals surface area contributed by atoms with E-state index in [4.69, 9.17) is 11.6 Å². The lowest BCUT2D eigenvalue weighted by Crippen LogP contribution is -2.18. The second-order valence-corrected chi connectivity index (χ2v) is 4.32. The number of fused-ring (bicyclic) bond motifs is 1. The van der Waals surface area contributed by atoms with E-state index >= 15 is 0 Å². The zero-order chi connectivity index (χ0) is 13.1. The molecule has 0 aliphatic rings. The van der Waals surface area contributed by atoms with Crippen molar-refractivity contribution >= 4 is 28.1 Å². The summed E-state index contributed by atoms with van der Waals surface area (Å²) in [5, 5.41) is 1.91. The summed E-state index contributed by atoms with van der Waals surface area (Å²) < 4.78 is 1.61. The fourth-order valence-electron chi connectivity index (χ4n) is 1.94. The van der Waals surface area contributed by atoms with Crippen LogP contribution in [0.25, 0.3) is 16.5 Å². The summed E-state index contributed by atoms with van der Waals surface area (Å²) in [6.07, 6.45) is 7.46. The summed E-state index contributed by atoms with van der Waals surface area (Å²) in [5.74, 6) is 0. The highest BCUT2D eigenvalue weighted by molar-refractivity contribution is 6.35. The van der Waals surface area contributed by atoms with Crippen molar-refractivity contribution in [2.75, 3.05) is 0 Å². The van der Waals surface area contributed by atoms with Gasteiger partial charge < -0.3 is 0 Å². The van der Waals surface area contributed by atoms with Gasteiger partial charge in [0.25, 0.3) is 5.56 Å². The number of allylic oxidation sites excluding steroid dienone is 4. The Bertz CT molecular complexity index is 695. The van der Waals surface area contributed by atoms with Crippen molar-refractivity contribution in [1.29, 1.82) is 0 Å². The van der Waals surface area contributed by atoms with E-state index in [9.17, 15) is 4.79 Å². The minimum Gasteiger partial charge on any atom is -0.284 e. The molecule has 2 rings (SSSR count). The van der Waals surface area contributed by atoms with Gasteiger partial charge in [0.15, 0.2) is 0 Å². The number of nitrogens with zero attached hydrogens (tertiary/aromatic N) is 1. The maximum absolute atomic E-state index is 12.4. The van der Waals surface area contributed by atoms with E-state index in [0.717, 1.165) is 11.1 Å². The molecule has 0 radical (unpaired) electrons. The maximum atomic E-state index is 12.4. The summed E-state index contributed by atoms with van der Waals surface area (Å²) in [7, 11) is 0. The zero-order valence-electron chi connectivity index (χ0n) is 10.4. The predicted octanol–water partition coefficient (Wildman–Crippen LogP) is 4.09. The van der Waals surface area contributed by atoms with Gasteiger partial charge in [-0.1, -0.05) is 35.9 Å². The Kier molecular flexibility index (Phi) is 3.68. The van der Waals surface area contributed by atoms with E-state index in [1.54, 1.807) is 16.8 Å². The highest BCUT2D eigenvalue weighted by atomic mass is 35.5. The number of halogens is 1. The summed E-state index contributed by atoms with van der Waals surface area (Å²) in [6, 6.07) is 7.37. The number of hydrogen-bond acceptors (Lipinski definition) is 1. The van der Waals surface area contributed by atoms with Crippen molar-refractivity contribution in [3.05, 3.63) is 64.1 Å². The van der Waals surface area contributed by atoms with Crippen LogP contribution in [0, 0.1) is 0 Å². The van der Waals surface area contributed by atoms with Crippen LogP contribution in [0.3, 0.4) is 0 Å². The molecule has 1 aromatic heterocycles. The Hall–Kier alpha value is -1.80. The molecule has 18 heavy (non-hydrogen) atoms. The van der Waals surface area contributed by atoms with Crippen LogP contribution in [0.4, 0.5) is 0 Å². The third kappa shape index (κ3) is 2.12. The number of aromatic nitrogens is 1. The van der Waals surface area contributed by atoms with E-state index in [-0.39, 0.29) is 5.56 Å². The number of benzene rings is 1. The standard InChI is InChI=1S/C15H14ClNO/c1-3-6-12(4-2)17-10-9-11-7-5-8-13(16)14(11)15(17)18/h3-10H,1-2H3. The van der Waals surface area contributed by atoms with Crippen molar-refractivity contribution in [2.24, 2.45) is 0 Å². The van der Waals surface area contributed by atoms with E-state index in [2.05, 4.69) is 0 Å². The molecule has 0 spiro atoms. The molecule has 1 heterocycles. The van der Waals surface area contributed by atoms with Crippen LogP contribution < -0.4 is 5.56 Å². The van der Waals surface area contributed by atoms with Crippen LogP contribution >= 0.6 is 11.6 Å². The third-order valence-corrected chi connectivity index (χ3v) is 3.11. The molecular formula is C15H14ClNO. The van der Waals surface area contributed by atoms with Gasteiger partial charge in [0.1, 0.15) is 0 Å². The van der Waals surface area contributed by atoms with Gasteiger partial charge in [-0.25, -0.2) is 0 Å². The molecule has 0 aliphatic carbocycles. The van der Waals surface area contributed by atoms with Crippen molar-refractivity contribution in [2.45, 2.75) is 13.8 Å². The third-order valence-electron chi connectivity index (χ3n) is 2.79. The Labute approximate surface area is 111 Å². The molecule has 0 aliphatic heterocycles. The molecule has 3 heteroatoms. The SMILES string of the molecule is CC=CC(=CC)n1ccc2cccc(Cl)c2c1=O. The Morgan fingerprint density at radius 2 is 2.06 bits per heavy atom. The Balaban J connectivity index is 2.80. The minimum atomic E-state index is -0.0932. The first-order valence-corrected chi connectivity index (χ1v) is 6.16. The van der Waals surface area contributed by atoms with Crippen molar-refractivity contribution in [1.82, 2.24) is 4.57 Å². The molecule has 2 aromatic rings. The Morgan fingerprint density at radius 1 is 1.28 bits per heavy atom. The summed E-state index contributed by atoms with van der Waals surface area (Å²) >= 11 is 6.11. The first kappa shape index (κ1) is 12.7. The van der Waals surface area contributed by atoms with Crippen molar-refractivity contribution in [3.8, 4) is 0 Å². The number of pyridine rings is 1. The smallest absolute Gasteiger partial charge is 0.264 e. The van der Waals surface area contributed by atoms with Gasteiger partial charge in [-0.2, -0.15) is 0 Å². The normalized spacial score (nSPS) is 12.5. The van der Waals surface area contributed by atoms with Crippen LogP contribution in [-0.4, -0.2) is 4.57 Å². The molecule has 0 saturated heterocycles. The fraction of sp³-hybridized carbons (Fsp3) is 0.133. The van der Waals surface area contributed by atoms with Gasteiger partial charge in [0.05, 0.1) is 10.4 Å². The average Bonchev–Trinajstić information content (AvgIpc) is 2.37. The zero-order valence-corrected chi connectivity index (χ0v) is 11.1. The van der Waals surface area contributed by atoms with E-state index in [1.165, 1.54) is 0 Å². The molecule has 1 aromatic carbocycles. The quantitative estimate of drug-likeness (QED) is 0.745. The van der Waals surface area contributed by atoms with Gasteiger partial charge in [-0.05, 0) is 37.4 Å². The molecule has 0 amide bonds. The van der Waals surface area contributed by atoms with Crippen LogP contribution in [-0.2, 0) is 0 Å². The molecule has 0 atom stereocenters. The van der Waals surface area contributed by atoms with Crippen molar-refractivity contribution in [3.63, 3.8) is 0 Å². The van der Waals surface area contributed by atoms with Crippen LogP contribution in [0.2, 0.25) is 5.02 Å². The lowest BCUT2D eigenvalue weighted by atomic mass is 10.1. The Morgan fingerprint density at radius 3 is 2.72 bits per heavy atom. The molecule has 0 fully saturated rings. The second kappa shape index (κ2) is 5.23. The largest absolute Gasteiger partial charge is 0.284 e. The van der Waals surface area contributed by atoms with Crippen LogP contribution in [0.15, 0.2) is 53.5 Å². The highest BCUT2D eigenvalue weighted by Gasteiger charge is 2.07. The van der Waals surface area contributed by atoms with Crippen LogP contribution in [0.1, 0.15) is 13.8 Å². The van der Waals surface area contributed by atoms with E-state index < -0.39 is 0 Å². The maximum Gasteiger partial charge on any atom is 0.264 e. The number of hydrogen-bond donors (Lipinski definition) is 0. The summed E-state index contributed by atoms with van der Waals surface area (Å²) in [4.78, 5) is 12.4. The first-order valence-electron chi connectivity index (χ1n) is 5.78. The van der Waals surface area contributed by atoms with E-state index in [0.29, 0.717) is 10.4 Å². The lowest BCUT2D eigenvalue weighted by molar-refractivity contribution is 1.04. The molecule has 0 bridgehead atoms. The van der Waals surface area contributed by atoms with Crippen molar-refractivity contribution < 1.29 is 0 Å². The molecule has 0 saturated carbocycles. The molecule has 0 N–H and O–H groups in total. The fourth-order valence-corrected chi connectivity index (χ4v) is 2.20. The number of rotatable bonds is 2. The summed E-state index contributed by atoms with van der Waals surface area (Å²) in [6.45, 7) is 3.82. The van der Waals surface area contributed by atoms with E-state index in [1.807, 2.05) is 50.3 Å². The predicted molar refractivity (Wildman–Crippen MR) is 78.0 cm³/mol. The molecule has 2 nitrogen and oxygen atoms in total. The van der Waals surface area contributed by atoms with Crippen LogP contribution in [0.5, 0.6) is 0 Å². The van der Waals surface area contributed by atoms with Gasteiger partial charge in [0.2, 0.25) is 0 Å². The first-order chi connectivity index (χ1) is 8.69. The highest BCUT2D eigenvalue weighted by Crippen LogP contribution is 2.20. The van der Waals surface area contributed by atoms with Gasteiger partial charge in [0, 0.05) is 11.9 Å². The molecular weight excluding hydrogens is 246 g/mol. The average molecular weight is 260 g/mol. The minimum absolute atomic E-state index is 0.0932. The van der Waals surface area contributed by atoms with Gasteiger partial charge in [-0.3, -0.25) is 9.36 Å². The molecule has 0 unspecified atom stereocenters. The topological polar surface area (TPSA) is 22.0 Å². The second-order valence-electron chi connectivity index (χ2n) is 3.91.